The molecule has 3 aromatic rings. The molecular weight excluding hydrogens is 392 g/mol. The fraction of sp³-hybridized carbons (Fsp3) is 0.190. The van der Waals surface area contributed by atoms with Gasteiger partial charge in [-0.05, 0) is 36.8 Å². The Bertz CT molecular complexity index is 941. The van der Waals surface area contributed by atoms with Crippen LogP contribution in [0.2, 0.25) is 5.02 Å². The number of benzene rings is 2. The first kappa shape index (κ1) is 20.2. The monoisotopic (exact) mass is 412 g/mol. The molecule has 3 rings (SSSR count). The summed E-state index contributed by atoms with van der Waals surface area (Å²) in [6, 6.07) is 17.3. The molecule has 0 aliphatic rings. The molecule has 1 heterocycles. The fourth-order valence-corrected chi connectivity index (χ4v) is 3.63. The van der Waals surface area contributed by atoms with Crippen LogP contribution in [-0.4, -0.2) is 25.9 Å². The SMILES string of the molecule is C=CCn1c(S[C@H](C)C(=O)NCc2ccccc2)nnc1-c1ccc(Cl)cc1. The highest BCUT2D eigenvalue weighted by Gasteiger charge is 2.20. The van der Waals surface area contributed by atoms with Crippen LogP contribution >= 0.6 is 23.4 Å². The van der Waals surface area contributed by atoms with Gasteiger partial charge in [0.05, 0.1) is 5.25 Å². The molecule has 0 fully saturated rings. The predicted molar refractivity (Wildman–Crippen MR) is 114 cm³/mol. The van der Waals surface area contributed by atoms with Crippen LogP contribution in [0, 0.1) is 0 Å². The van der Waals surface area contributed by atoms with E-state index in [1.54, 1.807) is 6.08 Å². The van der Waals surface area contributed by atoms with Crippen LogP contribution in [0.25, 0.3) is 11.4 Å². The van der Waals surface area contributed by atoms with Crippen molar-refractivity contribution in [2.24, 2.45) is 0 Å². The second kappa shape index (κ2) is 9.57. The molecule has 0 aliphatic heterocycles. The lowest BCUT2D eigenvalue weighted by Gasteiger charge is -2.13. The van der Waals surface area contributed by atoms with E-state index in [1.807, 2.05) is 66.1 Å². The molecule has 1 amide bonds. The third kappa shape index (κ3) is 5.03. The van der Waals surface area contributed by atoms with Crippen molar-refractivity contribution in [3.05, 3.63) is 77.8 Å². The number of hydrogen-bond donors (Lipinski definition) is 1. The van der Waals surface area contributed by atoms with Gasteiger partial charge in [-0.15, -0.1) is 16.8 Å². The summed E-state index contributed by atoms with van der Waals surface area (Å²) in [5.41, 5.74) is 1.97. The van der Waals surface area contributed by atoms with Crippen molar-refractivity contribution < 1.29 is 4.79 Å². The highest BCUT2D eigenvalue weighted by molar-refractivity contribution is 8.00. The van der Waals surface area contributed by atoms with Gasteiger partial charge in [0, 0.05) is 23.7 Å². The van der Waals surface area contributed by atoms with Crippen molar-refractivity contribution in [3.63, 3.8) is 0 Å². The Hall–Kier alpha value is -2.57. The Morgan fingerprint density at radius 2 is 1.93 bits per heavy atom. The molecule has 28 heavy (non-hydrogen) atoms. The van der Waals surface area contributed by atoms with Crippen molar-refractivity contribution in [1.82, 2.24) is 20.1 Å². The lowest BCUT2D eigenvalue weighted by molar-refractivity contribution is -0.120. The molecule has 144 valence electrons. The smallest absolute Gasteiger partial charge is 0.233 e. The van der Waals surface area contributed by atoms with E-state index in [2.05, 4.69) is 22.1 Å². The average Bonchev–Trinajstić information content (AvgIpc) is 3.10. The van der Waals surface area contributed by atoms with E-state index in [0.29, 0.717) is 23.3 Å². The van der Waals surface area contributed by atoms with Gasteiger partial charge in [-0.25, -0.2) is 0 Å². The van der Waals surface area contributed by atoms with Gasteiger partial charge in [-0.2, -0.15) is 0 Å². The first-order valence-electron chi connectivity index (χ1n) is 8.87. The van der Waals surface area contributed by atoms with Crippen LogP contribution in [0.5, 0.6) is 0 Å². The summed E-state index contributed by atoms with van der Waals surface area (Å²) in [6.45, 7) is 6.73. The lowest BCUT2D eigenvalue weighted by atomic mass is 10.2. The molecule has 0 spiro atoms. The molecule has 0 bridgehead atoms. The van der Waals surface area contributed by atoms with Crippen molar-refractivity contribution in [1.29, 1.82) is 0 Å². The Balaban J connectivity index is 1.71. The number of aromatic nitrogens is 3. The van der Waals surface area contributed by atoms with E-state index in [0.717, 1.165) is 17.0 Å². The molecule has 7 heteroatoms. The number of thioether (sulfide) groups is 1. The van der Waals surface area contributed by atoms with Gasteiger partial charge in [0.25, 0.3) is 0 Å². The van der Waals surface area contributed by atoms with E-state index < -0.39 is 0 Å². The van der Waals surface area contributed by atoms with Crippen molar-refractivity contribution in [3.8, 4) is 11.4 Å². The van der Waals surface area contributed by atoms with Crippen LogP contribution in [-0.2, 0) is 17.9 Å². The topological polar surface area (TPSA) is 59.8 Å². The first-order valence-corrected chi connectivity index (χ1v) is 10.1. The molecule has 0 saturated heterocycles. The van der Waals surface area contributed by atoms with Gasteiger partial charge in [0.2, 0.25) is 5.91 Å². The van der Waals surface area contributed by atoms with Crippen molar-refractivity contribution in [2.75, 3.05) is 0 Å². The molecule has 1 N–H and O–H groups in total. The summed E-state index contributed by atoms with van der Waals surface area (Å²) < 4.78 is 1.95. The molecule has 5 nitrogen and oxygen atoms in total. The van der Waals surface area contributed by atoms with Gasteiger partial charge in [-0.1, -0.05) is 59.8 Å². The van der Waals surface area contributed by atoms with Crippen molar-refractivity contribution >= 4 is 29.3 Å². The summed E-state index contributed by atoms with van der Waals surface area (Å²) in [6.07, 6.45) is 1.78. The normalized spacial score (nSPS) is 11.8. The minimum atomic E-state index is -0.311. The zero-order valence-corrected chi connectivity index (χ0v) is 17.1. The summed E-state index contributed by atoms with van der Waals surface area (Å²) in [4.78, 5) is 12.5. The number of carbonyl (C=O) groups excluding carboxylic acids is 1. The molecule has 0 aliphatic carbocycles. The number of hydrogen-bond acceptors (Lipinski definition) is 4. The van der Waals surface area contributed by atoms with E-state index >= 15 is 0 Å². The number of nitrogens with zero attached hydrogens (tertiary/aromatic N) is 3. The molecule has 0 unspecified atom stereocenters. The van der Waals surface area contributed by atoms with Crippen LogP contribution < -0.4 is 5.32 Å². The number of allylic oxidation sites excluding steroid dienone is 1. The maximum Gasteiger partial charge on any atom is 0.233 e. The van der Waals surface area contributed by atoms with E-state index in [-0.39, 0.29) is 11.2 Å². The summed E-state index contributed by atoms with van der Waals surface area (Å²) in [5.74, 6) is 0.672. The van der Waals surface area contributed by atoms with Gasteiger partial charge < -0.3 is 5.32 Å². The number of carbonyl (C=O) groups is 1. The zero-order chi connectivity index (χ0) is 19.9. The second-order valence-corrected chi connectivity index (χ2v) is 7.92. The van der Waals surface area contributed by atoms with E-state index in [9.17, 15) is 4.79 Å². The predicted octanol–water partition coefficient (Wildman–Crippen LogP) is 4.58. The Morgan fingerprint density at radius 1 is 1.21 bits per heavy atom. The maximum absolute atomic E-state index is 12.5. The lowest BCUT2D eigenvalue weighted by Crippen LogP contribution is -2.30. The van der Waals surface area contributed by atoms with Crippen LogP contribution in [0.3, 0.4) is 0 Å². The van der Waals surface area contributed by atoms with Crippen LogP contribution in [0.15, 0.2) is 72.4 Å². The minimum absolute atomic E-state index is 0.0463. The standard InChI is InChI=1S/C21H21ClN4OS/c1-3-13-26-19(17-9-11-18(22)12-10-17)24-25-21(26)28-15(2)20(27)23-14-16-7-5-4-6-8-16/h3-12,15H,1,13-14H2,2H3,(H,23,27)/t15-/m1/s1. The average molecular weight is 413 g/mol. The largest absolute Gasteiger partial charge is 0.351 e. The third-order valence-corrected chi connectivity index (χ3v) is 5.42. The van der Waals surface area contributed by atoms with Gasteiger partial charge >= 0.3 is 0 Å². The molecule has 0 radical (unpaired) electrons. The molecule has 0 saturated carbocycles. The van der Waals surface area contributed by atoms with Crippen molar-refractivity contribution in [2.45, 2.75) is 30.4 Å². The van der Waals surface area contributed by atoms with Crippen LogP contribution in [0.4, 0.5) is 0 Å². The van der Waals surface area contributed by atoms with Gasteiger partial charge in [-0.3, -0.25) is 9.36 Å². The Labute approximate surface area is 173 Å². The first-order chi connectivity index (χ1) is 13.6. The van der Waals surface area contributed by atoms with E-state index in [4.69, 9.17) is 11.6 Å². The van der Waals surface area contributed by atoms with Crippen LogP contribution in [0.1, 0.15) is 12.5 Å². The number of nitrogens with one attached hydrogen (secondary N) is 1. The molecule has 2 aromatic carbocycles. The maximum atomic E-state index is 12.5. The summed E-state index contributed by atoms with van der Waals surface area (Å²) in [5, 5.41) is 12.6. The van der Waals surface area contributed by atoms with Gasteiger partial charge in [0.1, 0.15) is 0 Å². The summed E-state index contributed by atoms with van der Waals surface area (Å²) in [7, 11) is 0. The quantitative estimate of drug-likeness (QED) is 0.434. The number of halogens is 1. The van der Waals surface area contributed by atoms with Gasteiger partial charge in [0.15, 0.2) is 11.0 Å². The second-order valence-electron chi connectivity index (χ2n) is 6.18. The highest BCUT2D eigenvalue weighted by atomic mass is 35.5. The molecular formula is C21H21ClN4OS. The Kier molecular flexibility index (Phi) is 6.90. The number of rotatable bonds is 8. The minimum Gasteiger partial charge on any atom is -0.351 e. The summed E-state index contributed by atoms with van der Waals surface area (Å²) >= 11 is 7.35. The highest BCUT2D eigenvalue weighted by Crippen LogP contribution is 2.27. The van der Waals surface area contributed by atoms with E-state index in [1.165, 1.54) is 11.8 Å². The molecule has 1 aromatic heterocycles. The Morgan fingerprint density at radius 3 is 2.61 bits per heavy atom. The number of amides is 1. The molecule has 1 atom stereocenters. The zero-order valence-electron chi connectivity index (χ0n) is 15.5. The third-order valence-electron chi connectivity index (χ3n) is 4.09. The fourth-order valence-electron chi connectivity index (χ4n) is 2.62.